The Kier molecular flexibility index (Phi) is 6.08. The van der Waals surface area contributed by atoms with Crippen LogP contribution in [0.3, 0.4) is 0 Å². The fourth-order valence-corrected chi connectivity index (χ4v) is 4.25. The number of hydrogen-bond acceptors (Lipinski definition) is 4. The minimum Gasteiger partial charge on any atom is -0.505 e. The van der Waals surface area contributed by atoms with Gasteiger partial charge in [-0.25, -0.2) is 14.4 Å². The fraction of sp³-hybridized carbons (Fsp3) is 0.474. The zero-order chi connectivity index (χ0) is 18.5. The Morgan fingerprint density at radius 2 is 2.19 bits per heavy atom. The van der Waals surface area contributed by atoms with Gasteiger partial charge < -0.3 is 15.3 Å². The number of hydrogen-bond donors (Lipinski definition) is 2. The van der Waals surface area contributed by atoms with Crippen LogP contribution in [0.1, 0.15) is 40.9 Å². The molecule has 0 spiro atoms. The molecule has 1 heterocycles. The highest BCUT2D eigenvalue weighted by Crippen LogP contribution is 2.27. The minimum absolute atomic E-state index is 0.338. The van der Waals surface area contributed by atoms with Crippen molar-refractivity contribution in [2.75, 3.05) is 13.6 Å². The summed E-state index contributed by atoms with van der Waals surface area (Å²) in [5.74, 6) is -0.201. The Morgan fingerprint density at radius 3 is 2.92 bits per heavy atom. The van der Waals surface area contributed by atoms with Gasteiger partial charge in [-0.05, 0) is 50.3 Å². The molecule has 1 aromatic heterocycles. The van der Waals surface area contributed by atoms with E-state index < -0.39 is 5.82 Å². The molecule has 0 atom stereocenters. The molecule has 2 aromatic rings. The van der Waals surface area contributed by atoms with E-state index in [2.05, 4.69) is 10.3 Å². The summed E-state index contributed by atoms with van der Waals surface area (Å²) in [4.78, 5) is 12.9. The predicted molar refractivity (Wildman–Crippen MR) is 103 cm³/mol. The van der Waals surface area contributed by atoms with E-state index in [1.165, 1.54) is 35.5 Å². The van der Waals surface area contributed by atoms with E-state index in [0.717, 1.165) is 30.4 Å². The maximum absolute atomic E-state index is 13.5. The average Bonchev–Trinajstić information content (AvgIpc) is 3.03. The van der Waals surface area contributed by atoms with Crippen molar-refractivity contribution in [2.45, 2.75) is 45.7 Å². The number of thiazole rings is 1. The second kappa shape index (κ2) is 8.49. The molecule has 0 radical (unpaired) electrons. The lowest BCUT2D eigenvalue weighted by molar-refractivity contribution is 0.431. The zero-order valence-electron chi connectivity index (χ0n) is 15.3. The van der Waals surface area contributed by atoms with Crippen LogP contribution in [0, 0.1) is 5.82 Å². The molecular weight excluding hydrogens is 351 g/mol. The first-order valence-electron chi connectivity index (χ1n) is 9.01. The van der Waals surface area contributed by atoms with Gasteiger partial charge in [0, 0.05) is 18.5 Å². The van der Waals surface area contributed by atoms with Crippen LogP contribution in [0.5, 0.6) is 5.75 Å². The van der Waals surface area contributed by atoms with Gasteiger partial charge in [0.1, 0.15) is 5.01 Å². The molecule has 0 fully saturated rings. The van der Waals surface area contributed by atoms with Gasteiger partial charge in [-0.1, -0.05) is 6.07 Å². The maximum Gasteiger partial charge on any atom is 0.194 e. The van der Waals surface area contributed by atoms with E-state index in [4.69, 9.17) is 4.98 Å². The first-order valence-corrected chi connectivity index (χ1v) is 9.82. The number of aromatic hydroxyl groups is 1. The molecule has 0 amide bonds. The highest BCUT2D eigenvalue weighted by atomic mass is 32.1. The Morgan fingerprint density at radius 1 is 1.38 bits per heavy atom. The van der Waals surface area contributed by atoms with Crippen LogP contribution in [0.4, 0.5) is 4.39 Å². The second-order valence-corrected chi connectivity index (χ2v) is 7.66. The van der Waals surface area contributed by atoms with Crippen LogP contribution in [-0.2, 0) is 25.9 Å². The molecule has 1 aliphatic rings. The maximum atomic E-state index is 13.5. The van der Waals surface area contributed by atoms with Crippen molar-refractivity contribution < 1.29 is 9.50 Å². The van der Waals surface area contributed by atoms with Crippen molar-refractivity contribution in [3.05, 3.63) is 45.2 Å². The molecule has 5 nitrogen and oxygen atoms in total. The lowest BCUT2D eigenvalue weighted by Crippen LogP contribution is -2.38. The van der Waals surface area contributed by atoms with Crippen molar-refractivity contribution in [2.24, 2.45) is 4.99 Å². The largest absolute Gasteiger partial charge is 0.505 e. The summed E-state index contributed by atoms with van der Waals surface area (Å²) in [7, 11) is 1.99. The summed E-state index contributed by atoms with van der Waals surface area (Å²) in [6.07, 6.45) is 4.74. The van der Waals surface area contributed by atoms with Gasteiger partial charge in [0.15, 0.2) is 17.5 Å². The Bertz CT molecular complexity index is 766. The monoisotopic (exact) mass is 376 g/mol. The molecule has 0 saturated carbocycles. The Labute approximate surface area is 157 Å². The smallest absolute Gasteiger partial charge is 0.194 e. The molecule has 1 aromatic carbocycles. The van der Waals surface area contributed by atoms with Gasteiger partial charge in [0.05, 0.1) is 18.8 Å². The number of nitrogens with one attached hydrogen (secondary N) is 1. The SMILES string of the molecule is CCNC(=NCc1ccc(O)c(F)c1)N(C)Cc1nc2c(s1)CCCC2. The van der Waals surface area contributed by atoms with Crippen molar-refractivity contribution in [3.63, 3.8) is 0 Å². The van der Waals surface area contributed by atoms with E-state index in [-0.39, 0.29) is 5.75 Å². The number of phenolic OH excluding ortho intramolecular Hbond substituents is 1. The number of aromatic nitrogens is 1. The van der Waals surface area contributed by atoms with Crippen LogP contribution in [-0.4, -0.2) is 34.5 Å². The molecule has 2 N–H and O–H groups in total. The molecule has 7 heteroatoms. The third kappa shape index (κ3) is 4.52. The quantitative estimate of drug-likeness (QED) is 0.620. The highest BCUT2D eigenvalue weighted by Gasteiger charge is 2.17. The highest BCUT2D eigenvalue weighted by molar-refractivity contribution is 7.11. The van der Waals surface area contributed by atoms with Crippen molar-refractivity contribution >= 4 is 17.3 Å². The first-order chi connectivity index (χ1) is 12.6. The zero-order valence-corrected chi connectivity index (χ0v) is 16.1. The van der Waals surface area contributed by atoms with Gasteiger partial charge in [-0.2, -0.15) is 0 Å². The lowest BCUT2D eigenvalue weighted by atomic mass is 10.0. The van der Waals surface area contributed by atoms with Gasteiger partial charge in [0.2, 0.25) is 0 Å². The number of halogens is 1. The number of phenols is 1. The predicted octanol–water partition coefficient (Wildman–Crippen LogP) is 3.46. The summed E-state index contributed by atoms with van der Waals surface area (Å²) in [6.45, 7) is 3.82. The second-order valence-electron chi connectivity index (χ2n) is 6.50. The molecule has 1 aliphatic carbocycles. The molecule has 0 unspecified atom stereocenters. The Hall–Kier alpha value is -2.15. The topological polar surface area (TPSA) is 60.8 Å². The fourth-order valence-electron chi connectivity index (χ4n) is 3.04. The number of benzene rings is 1. The van der Waals surface area contributed by atoms with Gasteiger partial charge >= 0.3 is 0 Å². The molecular formula is C19H25FN4OS. The summed E-state index contributed by atoms with van der Waals surface area (Å²) in [5.41, 5.74) is 1.99. The van der Waals surface area contributed by atoms with Gasteiger partial charge in [-0.3, -0.25) is 0 Å². The third-order valence-corrected chi connectivity index (χ3v) is 5.52. The Balaban J connectivity index is 1.69. The van der Waals surface area contributed by atoms with E-state index in [1.807, 2.05) is 18.9 Å². The van der Waals surface area contributed by atoms with Gasteiger partial charge in [-0.15, -0.1) is 11.3 Å². The number of guanidine groups is 1. The van der Waals surface area contributed by atoms with E-state index in [1.54, 1.807) is 17.4 Å². The third-order valence-electron chi connectivity index (χ3n) is 4.38. The van der Waals surface area contributed by atoms with Crippen molar-refractivity contribution in [3.8, 4) is 5.75 Å². The summed E-state index contributed by atoms with van der Waals surface area (Å²) < 4.78 is 13.5. The number of aryl methyl sites for hydroxylation is 2. The number of rotatable bonds is 5. The number of fused-ring (bicyclic) bond motifs is 1. The van der Waals surface area contributed by atoms with Crippen molar-refractivity contribution in [1.82, 2.24) is 15.2 Å². The number of aliphatic imine (C=N–C) groups is 1. The van der Waals surface area contributed by atoms with Crippen LogP contribution >= 0.6 is 11.3 Å². The molecule has 0 aliphatic heterocycles. The molecule has 3 rings (SSSR count). The van der Waals surface area contributed by atoms with Gasteiger partial charge in [0.25, 0.3) is 0 Å². The molecule has 0 saturated heterocycles. The van der Waals surface area contributed by atoms with Crippen molar-refractivity contribution in [1.29, 1.82) is 0 Å². The number of nitrogens with zero attached hydrogens (tertiary/aromatic N) is 3. The van der Waals surface area contributed by atoms with Crippen LogP contribution in [0.15, 0.2) is 23.2 Å². The summed E-state index contributed by atoms with van der Waals surface area (Å²) in [5, 5.41) is 13.7. The van der Waals surface area contributed by atoms with E-state index in [0.29, 0.717) is 18.7 Å². The lowest BCUT2D eigenvalue weighted by Gasteiger charge is -2.21. The summed E-state index contributed by atoms with van der Waals surface area (Å²) in [6, 6.07) is 4.36. The van der Waals surface area contributed by atoms with E-state index in [9.17, 15) is 9.50 Å². The van der Waals surface area contributed by atoms with Crippen LogP contribution < -0.4 is 5.32 Å². The average molecular weight is 377 g/mol. The summed E-state index contributed by atoms with van der Waals surface area (Å²) >= 11 is 1.80. The molecule has 0 bridgehead atoms. The standard InChI is InChI=1S/C19H25FN4OS/c1-3-21-19(22-11-13-8-9-16(25)14(20)10-13)24(2)12-18-23-15-6-4-5-7-17(15)26-18/h8-10,25H,3-7,11-12H2,1-2H3,(H,21,22). The minimum atomic E-state index is -0.621. The first kappa shape index (κ1) is 18.6. The normalized spacial score (nSPS) is 14.2. The molecule has 26 heavy (non-hydrogen) atoms. The molecule has 140 valence electrons. The van der Waals surface area contributed by atoms with E-state index >= 15 is 0 Å². The van der Waals surface area contributed by atoms with Crippen LogP contribution in [0.2, 0.25) is 0 Å². The van der Waals surface area contributed by atoms with Crippen LogP contribution in [0.25, 0.3) is 0 Å².